The molecule has 7 heteroatoms. The Hall–Kier alpha value is -2.25. The van der Waals surface area contributed by atoms with Gasteiger partial charge in [0.2, 0.25) is 11.8 Å². The number of anilines is 1. The predicted octanol–water partition coefficient (Wildman–Crippen LogP) is 2.82. The third-order valence-electron chi connectivity index (χ3n) is 5.28. The maximum absolute atomic E-state index is 12.8. The SMILES string of the molecule is O=C(Nc1ccccc1CN1CCSCC1)C1CC(=O)N(Cc2ccco2)C1. The Labute approximate surface area is 169 Å². The molecule has 2 fully saturated rings. The van der Waals surface area contributed by atoms with Crippen LogP contribution in [0.5, 0.6) is 0 Å². The van der Waals surface area contributed by atoms with Gasteiger partial charge in [-0.3, -0.25) is 14.5 Å². The fraction of sp³-hybridized carbons (Fsp3) is 0.429. The van der Waals surface area contributed by atoms with Crippen LogP contribution in [-0.2, 0) is 22.7 Å². The van der Waals surface area contributed by atoms with Crippen LogP contribution in [0.4, 0.5) is 5.69 Å². The van der Waals surface area contributed by atoms with Crippen molar-refractivity contribution >= 4 is 29.3 Å². The number of rotatable bonds is 6. The fourth-order valence-corrected chi connectivity index (χ4v) is 4.69. The molecule has 0 bridgehead atoms. The van der Waals surface area contributed by atoms with Crippen LogP contribution in [0.1, 0.15) is 17.7 Å². The van der Waals surface area contributed by atoms with Crippen molar-refractivity contribution in [3.8, 4) is 0 Å². The highest BCUT2D eigenvalue weighted by atomic mass is 32.2. The number of thioether (sulfide) groups is 1. The number of nitrogens with one attached hydrogen (secondary N) is 1. The van der Waals surface area contributed by atoms with Crippen LogP contribution in [0.2, 0.25) is 0 Å². The number of amides is 2. The predicted molar refractivity (Wildman–Crippen MR) is 110 cm³/mol. The minimum absolute atomic E-state index is 0.00403. The molecular formula is C21H25N3O3S. The number of nitrogens with zero attached hydrogens (tertiary/aromatic N) is 2. The molecule has 0 radical (unpaired) electrons. The van der Waals surface area contributed by atoms with Crippen molar-refractivity contribution in [2.75, 3.05) is 36.5 Å². The van der Waals surface area contributed by atoms with E-state index in [0.717, 1.165) is 48.2 Å². The molecule has 2 saturated heterocycles. The van der Waals surface area contributed by atoms with E-state index in [1.54, 1.807) is 17.2 Å². The van der Waals surface area contributed by atoms with Crippen LogP contribution in [0, 0.1) is 5.92 Å². The average molecular weight is 400 g/mol. The summed E-state index contributed by atoms with van der Waals surface area (Å²) in [7, 11) is 0. The lowest BCUT2D eigenvalue weighted by atomic mass is 10.1. The Morgan fingerprint density at radius 3 is 2.75 bits per heavy atom. The number of benzene rings is 1. The molecule has 1 unspecified atom stereocenters. The van der Waals surface area contributed by atoms with E-state index >= 15 is 0 Å². The monoisotopic (exact) mass is 399 g/mol. The minimum Gasteiger partial charge on any atom is -0.467 e. The molecule has 1 aromatic carbocycles. The lowest BCUT2D eigenvalue weighted by Gasteiger charge is -2.27. The molecule has 0 saturated carbocycles. The highest BCUT2D eigenvalue weighted by Gasteiger charge is 2.34. The van der Waals surface area contributed by atoms with Gasteiger partial charge >= 0.3 is 0 Å². The number of carbonyl (C=O) groups excluding carboxylic acids is 2. The third-order valence-corrected chi connectivity index (χ3v) is 6.23. The van der Waals surface area contributed by atoms with Crippen LogP contribution in [0.25, 0.3) is 0 Å². The van der Waals surface area contributed by atoms with Crippen molar-refractivity contribution in [3.63, 3.8) is 0 Å². The van der Waals surface area contributed by atoms with E-state index in [0.29, 0.717) is 13.1 Å². The standard InChI is InChI=1S/C21H25N3O3S/c25-20-12-17(14-24(20)15-18-5-3-9-27-18)21(26)22-19-6-2-1-4-16(19)13-23-7-10-28-11-8-23/h1-6,9,17H,7-8,10-15H2,(H,22,26). The summed E-state index contributed by atoms with van der Waals surface area (Å²) in [6.07, 6.45) is 1.84. The fourth-order valence-electron chi connectivity index (χ4n) is 3.71. The first kappa shape index (κ1) is 19.1. The molecule has 2 amide bonds. The molecule has 0 spiro atoms. The van der Waals surface area contributed by atoms with Gasteiger partial charge < -0.3 is 14.6 Å². The van der Waals surface area contributed by atoms with E-state index < -0.39 is 0 Å². The highest BCUT2D eigenvalue weighted by Crippen LogP contribution is 2.24. The maximum atomic E-state index is 12.8. The van der Waals surface area contributed by atoms with Crippen LogP contribution in [0.3, 0.4) is 0 Å². The zero-order valence-electron chi connectivity index (χ0n) is 15.8. The summed E-state index contributed by atoms with van der Waals surface area (Å²) < 4.78 is 5.32. The van der Waals surface area contributed by atoms with Gasteiger partial charge in [-0.25, -0.2) is 0 Å². The first-order chi connectivity index (χ1) is 13.7. The van der Waals surface area contributed by atoms with Gasteiger partial charge in [0.15, 0.2) is 0 Å². The van der Waals surface area contributed by atoms with E-state index in [1.807, 2.05) is 36.0 Å². The molecule has 1 atom stereocenters. The molecular weight excluding hydrogens is 374 g/mol. The normalized spacial score (nSPS) is 20.5. The summed E-state index contributed by atoms with van der Waals surface area (Å²) in [5.74, 6) is 2.63. The first-order valence-corrected chi connectivity index (χ1v) is 10.8. The molecule has 4 rings (SSSR count). The number of furan rings is 1. The molecule has 2 aliphatic heterocycles. The molecule has 148 valence electrons. The van der Waals surface area contributed by atoms with Crippen LogP contribution in [0.15, 0.2) is 47.1 Å². The average Bonchev–Trinajstić information content (AvgIpc) is 3.35. The topological polar surface area (TPSA) is 65.8 Å². The summed E-state index contributed by atoms with van der Waals surface area (Å²) in [4.78, 5) is 29.2. The van der Waals surface area contributed by atoms with E-state index in [1.165, 1.54) is 0 Å². The van der Waals surface area contributed by atoms with Crippen molar-refractivity contribution in [1.29, 1.82) is 0 Å². The Bertz CT molecular complexity index is 818. The second-order valence-corrected chi connectivity index (χ2v) is 8.51. The quantitative estimate of drug-likeness (QED) is 0.809. The number of hydrogen-bond donors (Lipinski definition) is 1. The molecule has 28 heavy (non-hydrogen) atoms. The Morgan fingerprint density at radius 2 is 1.96 bits per heavy atom. The van der Waals surface area contributed by atoms with Crippen molar-refractivity contribution in [3.05, 3.63) is 54.0 Å². The molecule has 0 aliphatic carbocycles. The molecule has 2 aromatic rings. The van der Waals surface area contributed by atoms with Crippen molar-refractivity contribution in [2.45, 2.75) is 19.5 Å². The number of para-hydroxylation sites is 1. The van der Waals surface area contributed by atoms with Gasteiger partial charge in [-0.2, -0.15) is 11.8 Å². The zero-order chi connectivity index (χ0) is 19.3. The van der Waals surface area contributed by atoms with Gasteiger partial charge in [-0.15, -0.1) is 0 Å². The van der Waals surface area contributed by atoms with Crippen LogP contribution >= 0.6 is 11.8 Å². The van der Waals surface area contributed by atoms with Crippen molar-refractivity contribution in [1.82, 2.24) is 9.80 Å². The lowest BCUT2D eigenvalue weighted by Crippen LogP contribution is -2.32. The van der Waals surface area contributed by atoms with Crippen LogP contribution in [-0.4, -0.2) is 52.8 Å². The van der Waals surface area contributed by atoms with Gasteiger partial charge in [0.1, 0.15) is 5.76 Å². The van der Waals surface area contributed by atoms with Gasteiger partial charge in [0, 0.05) is 49.8 Å². The lowest BCUT2D eigenvalue weighted by molar-refractivity contribution is -0.128. The number of hydrogen-bond acceptors (Lipinski definition) is 5. The van der Waals surface area contributed by atoms with E-state index in [4.69, 9.17) is 4.42 Å². The highest BCUT2D eigenvalue weighted by molar-refractivity contribution is 7.99. The van der Waals surface area contributed by atoms with E-state index in [-0.39, 0.29) is 24.2 Å². The third kappa shape index (κ3) is 4.59. The van der Waals surface area contributed by atoms with Gasteiger partial charge in [-0.05, 0) is 23.8 Å². The summed E-state index contributed by atoms with van der Waals surface area (Å²) in [6.45, 7) is 3.83. The van der Waals surface area contributed by atoms with E-state index in [2.05, 4.69) is 16.3 Å². The largest absolute Gasteiger partial charge is 0.467 e. The van der Waals surface area contributed by atoms with Crippen molar-refractivity contribution < 1.29 is 14.0 Å². The molecule has 2 aliphatic rings. The second kappa shape index (κ2) is 8.84. The smallest absolute Gasteiger partial charge is 0.229 e. The molecule has 1 N–H and O–H groups in total. The maximum Gasteiger partial charge on any atom is 0.229 e. The minimum atomic E-state index is -0.332. The molecule has 1 aromatic heterocycles. The first-order valence-electron chi connectivity index (χ1n) is 9.68. The Morgan fingerprint density at radius 1 is 1.14 bits per heavy atom. The van der Waals surface area contributed by atoms with Crippen molar-refractivity contribution in [2.24, 2.45) is 5.92 Å². The summed E-state index contributed by atoms with van der Waals surface area (Å²) in [6, 6.07) is 11.6. The molecule has 6 nitrogen and oxygen atoms in total. The Balaban J connectivity index is 1.38. The summed E-state index contributed by atoms with van der Waals surface area (Å²) in [5, 5.41) is 3.07. The number of likely N-dealkylation sites (tertiary alicyclic amines) is 1. The zero-order valence-corrected chi connectivity index (χ0v) is 16.6. The molecule has 3 heterocycles. The summed E-state index contributed by atoms with van der Waals surface area (Å²) in [5.41, 5.74) is 1.97. The Kier molecular flexibility index (Phi) is 6.02. The summed E-state index contributed by atoms with van der Waals surface area (Å²) >= 11 is 1.99. The van der Waals surface area contributed by atoms with Gasteiger partial charge in [0.05, 0.1) is 18.7 Å². The second-order valence-electron chi connectivity index (χ2n) is 7.29. The van der Waals surface area contributed by atoms with Gasteiger partial charge in [0.25, 0.3) is 0 Å². The van der Waals surface area contributed by atoms with Gasteiger partial charge in [-0.1, -0.05) is 18.2 Å². The van der Waals surface area contributed by atoms with Crippen LogP contribution < -0.4 is 5.32 Å². The number of carbonyl (C=O) groups is 2. The van der Waals surface area contributed by atoms with E-state index in [9.17, 15) is 9.59 Å².